The fraction of sp³-hybridized carbons (Fsp3) is 0.538. The zero-order valence-corrected chi connectivity index (χ0v) is 11.5. The molecule has 2 rings (SSSR count). The molecule has 18 heavy (non-hydrogen) atoms. The molecule has 2 N–H and O–H groups in total. The quantitative estimate of drug-likeness (QED) is 0.874. The number of hydrogen-bond acceptors (Lipinski definition) is 3. The highest BCUT2D eigenvalue weighted by Crippen LogP contribution is 2.19. The number of hydrogen-bond donors (Lipinski definition) is 2. The van der Waals surface area contributed by atoms with Gasteiger partial charge in [0.1, 0.15) is 0 Å². The fourth-order valence-corrected chi connectivity index (χ4v) is 3.86. The van der Waals surface area contributed by atoms with E-state index in [0.29, 0.717) is 5.69 Å². The minimum Gasteiger partial charge on any atom is -0.317 e. The van der Waals surface area contributed by atoms with Crippen molar-refractivity contribution in [2.45, 2.75) is 19.8 Å². The highest BCUT2D eigenvalue weighted by Gasteiger charge is 2.21. The number of piperidine rings is 1. The number of nitrogens with one attached hydrogen (secondary N) is 2. The Morgan fingerprint density at radius 1 is 1.28 bits per heavy atom. The van der Waals surface area contributed by atoms with Crippen LogP contribution in [0.5, 0.6) is 0 Å². The molecule has 0 atom stereocenters. The van der Waals surface area contributed by atoms with Crippen molar-refractivity contribution in [2.24, 2.45) is 5.92 Å². The molecule has 0 unspecified atom stereocenters. The van der Waals surface area contributed by atoms with Gasteiger partial charge in [-0.2, -0.15) is 0 Å². The van der Waals surface area contributed by atoms with Crippen LogP contribution in [0.3, 0.4) is 0 Å². The third-order valence-corrected chi connectivity index (χ3v) is 4.77. The third-order valence-electron chi connectivity index (χ3n) is 3.32. The minimum atomic E-state index is -3.23. The Bertz CT molecular complexity index is 493. The molecule has 1 aromatic carbocycles. The van der Waals surface area contributed by atoms with Gasteiger partial charge in [-0.25, -0.2) is 8.42 Å². The van der Waals surface area contributed by atoms with E-state index < -0.39 is 10.0 Å². The van der Waals surface area contributed by atoms with E-state index in [1.54, 1.807) is 6.07 Å². The molecular weight excluding hydrogens is 248 g/mol. The van der Waals surface area contributed by atoms with E-state index in [-0.39, 0.29) is 11.7 Å². The number of para-hydroxylation sites is 1. The maximum atomic E-state index is 12.1. The summed E-state index contributed by atoms with van der Waals surface area (Å²) in [6.07, 6.45) is 1.88. The number of benzene rings is 1. The second-order valence-electron chi connectivity index (χ2n) is 4.89. The Morgan fingerprint density at radius 3 is 2.61 bits per heavy atom. The van der Waals surface area contributed by atoms with E-state index in [0.717, 1.165) is 31.5 Å². The van der Waals surface area contributed by atoms with Crippen molar-refractivity contribution in [3.63, 3.8) is 0 Å². The van der Waals surface area contributed by atoms with Gasteiger partial charge < -0.3 is 5.32 Å². The van der Waals surface area contributed by atoms with Crippen LogP contribution < -0.4 is 10.0 Å². The van der Waals surface area contributed by atoms with Crippen LogP contribution in [0.4, 0.5) is 5.69 Å². The molecule has 1 saturated heterocycles. The van der Waals surface area contributed by atoms with Crippen molar-refractivity contribution in [1.29, 1.82) is 0 Å². The van der Waals surface area contributed by atoms with Crippen molar-refractivity contribution in [3.8, 4) is 0 Å². The van der Waals surface area contributed by atoms with Crippen LogP contribution in [0.25, 0.3) is 0 Å². The largest absolute Gasteiger partial charge is 0.317 e. The number of anilines is 1. The molecule has 1 aromatic rings. The molecule has 1 fully saturated rings. The molecule has 0 aromatic heterocycles. The minimum absolute atomic E-state index is 0.225. The van der Waals surface area contributed by atoms with Crippen LogP contribution in [0.1, 0.15) is 18.4 Å². The first kappa shape index (κ1) is 13.4. The lowest BCUT2D eigenvalue weighted by Gasteiger charge is -2.22. The second-order valence-corrected chi connectivity index (χ2v) is 6.66. The summed E-state index contributed by atoms with van der Waals surface area (Å²) in [5.74, 6) is 0.496. The first-order valence-electron chi connectivity index (χ1n) is 6.34. The first-order valence-corrected chi connectivity index (χ1v) is 7.99. The maximum Gasteiger partial charge on any atom is 0.233 e. The molecule has 5 heteroatoms. The van der Waals surface area contributed by atoms with Crippen LogP contribution in [-0.2, 0) is 10.0 Å². The second kappa shape index (κ2) is 5.71. The molecule has 0 aliphatic carbocycles. The van der Waals surface area contributed by atoms with Crippen LogP contribution >= 0.6 is 0 Å². The van der Waals surface area contributed by atoms with Gasteiger partial charge in [0.25, 0.3) is 0 Å². The van der Waals surface area contributed by atoms with Crippen molar-refractivity contribution in [2.75, 3.05) is 23.6 Å². The lowest BCUT2D eigenvalue weighted by molar-refractivity contribution is 0.402. The van der Waals surface area contributed by atoms with Gasteiger partial charge in [-0.3, -0.25) is 4.72 Å². The average Bonchev–Trinajstić information content (AvgIpc) is 2.32. The van der Waals surface area contributed by atoms with Gasteiger partial charge in [-0.15, -0.1) is 0 Å². The highest BCUT2D eigenvalue weighted by molar-refractivity contribution is 7.92. The summed E-state index contributed by atoms with van der Waals surface area (Å²) in [5.41, 5.74) is 1.64. The standard InChI is InChI=1S/C13H20N2O2S/c1-11-4-2-3-5-13(11)15-18(16,17)10-12-6-8-14-9-7-12/h2-5,12,14-15H,6-10H2,1H3. The topological polar surface area (TPSA) is 58.2 Å². The molecule has 0 radical (unpaired) electrons. The van der Waals surface area contributed by atoms with E-state index in [4.69, 9.17) is 0 Å². The Kier molecular flexibility index (Phi) is 4.24. The molecule has 1 heterocycles. The van der Waals surface area contributed by atoms with Crippen LogP contribution in [0, 0.1) is 12.8 Å². The maximum absolute atomic E-state index is 12.1. The Labute approximate surface area is 109 Å². The van der Waals surface area contributed by atoms with E-state index in [2.05, 4.69) is 10.0 Å². The summed E-state index contributed by atoms with van der Waals surface area (Å²) in [4.78, 5) is 0. The smallest absolute Gasteiger partial charge is 0.233 e. The molecule has 100 valence electrons. The fourth-order valence-electron chi connectivity index (χ4n) is 2.26. The molecule has 1 aliphatic heterocycles. The predicted molar refractivity (Wildman–Crippen MR) is 74.2 cm³/mol. The molecular formula is C13H20N2O2S. The summed E-state index contributed by atoms with van der Waals surface area (Å²) in [6.45, 7) is 3.75. The average molecular weight is 268 g/mol. The van der Waals surface area contributed by atoms with E-state index >= 15 is 0 Å². The van der Waals surface area contributed by atoms with Gasteiger partial charge in [-0.05, 0) is 50.4 Å². The van der Waals surface area contributed by atoms with Gasteiger partial charge >= 0.3 is 0 Å². The molecule has 0 bridgehead atoms. The van der Waals surface area contributed by atoms with Gasteiger partial charge in [0.2, 0.25) is 10.0 Å². The van der Waals surface area contributed by atoms with E-state index in [1.807, 2.05) is 25.1 Å². The highest BCUT2D eigenvalue weighted by atomic mass is 32.2. The third kappa shape index (κ3) is 3.71. The van der Waals surface area contributed by atoms with Crippen LogP contribution in [0.2, 0.25) is 0 Å². The first-order chi connectivity index (χ1) is 8.57. The van der Waals surface area contributed by atoms with Gasteiger partial charge in [0, 0.05) is 0 Å². The monoisotopic (exact) mass is 268 g/mol. The van der Waals surface area contributed by atoms with Crippen molar-refractivity contribution < 1.29 is 8.42 Å². The van der Waals surface area contributed by atoms with Crippen molar-refractivity contribution in [3.05, 3.63) is 29.8 Å². The zero-order valence-electron chi connectivity index (χ0n) is 10.6. The Hall–Kier alpha value is -1.07. The van der Waals surface area contributed by atoms with Crippen LogP contribution in [0.15, 0.2) is 24.3 Å². The van der Waals surface area contributed by atoms with Gasteiger partial charge in [0.05, 0.1) is 11.4 Å². The van der Waals surface area contributed by atoms with E-state index in [1.165, 1.54) is 0 Å². The molecule has 1 aliphatic rings. The van der Waals surface area contributed by atoms with E-state index in [9.17, 15) is 8.42 Å². The molecule has 0 saturated carbocycles. The number of rotatable bonds is 4. The zero-order chi connectivity index (χ0) is 13.0. The summed E-state index contributed by atoms with van der Waals surface area (Å²) in [7, 11) is -3.23. The van der Waals surface area contributed by atoms with Crippen molar-refractivity contribution >= 4 is 15.7 Å². The van der Waals surface area contributed by atoms with Crippen molar-refractivity contribution in [1.82, 2.24) is 5.32 Å². The van der Waals surface area contributed by atoms with Gasteiger partial charge in [-0.1, -0.05) is 18.2 Å². The molecule has 4 nitrogen and oxygen atoms in total. The summed E-state index contributed by atoms with van der Waals surface area (Å²) >= 11 is 0. The predicted octanol–water partition coefficient (Wildman–Crippen LogP) is 1.74. The Balaban J connectivity index is 2.01. The molecule has 0 amide bonds. The van der Waals surface area contributed by atoms with Crippen LogP contribution in [-0.4, -0.2) is 27.3 Å². The van der Waals surface area contributed by atoms with Gasteiger partial charge in [0.15, 0.2) is 0 Å². The normalized spacial score (nSPS) is 17.6. The Morgan fingerprint density at radius 2 is 1.94 bits per heavy atom. The lowest BCUT2D eigenvalue weighted by Crippen LogP contribution is -2.33. The number of aryl methyl sites for hydroxylation is 1. The summed E-state index contributed by atoms with van der Waals surface area (Å²) < 4.78 is 26.9. The summed E-state index contributed by atoms with van der Waals surface area (Å²) in [5, 5.41) is 3.24. The number of sulfonamides is 1. The lowest BCUT2D eigenvalue weighted by atomic mass is 10.0. The molecule has 0 spiro atoms. The SMILES string of the molecule is Cc1ccccc1NS(=O)(=O)CC1CCNCC1. The summed E-state index contributed by atoms with van der Waals surface area (Å²) in [6, 6.07) is 7.45.